The van der Waals surface area contributed by atoms with E-state index in [9.17, 15) is 13.2 Å². The van der Waals surface area contributed by atoms with Crippen molar-refractivity contribution >= 4 is 21.7 Å². The van der Waals surface area contributed by atoms with Gasteiger partial charge in [0.1, 0.15) is 5.82 Å². The molecule has 0 atom stereocenters. The lowest BCUT2D eigenvalue weighted by Gasteiger charge is -2.22. The van der Waals surface area contributed by atoms with Crippen LogP contribution in [0.25, 0.3) is 0 Å². The molecule has 1 aromatic heterocycles. The Hall–Kier alpha value is -1.67. The highest BCUT2D eigenvalue weighted by Gasteiger charge is 2.28. The van der Waals surface area contributed by atoms with Crippen LogP contribution >= 0.6 is 0 Å². The Labute approximate surface area is 112 Å². The molecule has 1 amide bonds. The molecule has 0 aliphatic heterocycles. The number of carbonyl (C=O) groups excluding carboxylic acids is 1. The molecule has 0 saturated carbocycles. The fraction of sp³-hybridized carbons (Fsp3) is 0.455. The van der Waals surface area contributed by atoms with Gasteiger partial charge in [-0.25, -0.2) is 18.1 Å². The molecule has 106 valence electrons. The minimum Gasteiger partial charge on any atom is -0.384 e. The van der Waals surface area contributed by atoms with Crippen LogP contribution in [0.15, 0.2) is 23.2 Å². The molecule has 0 aromatic carbocycles. The van der Waals surface area contributed by atoms with E-state index < -0.39 is 15.4 Å². The summed E-state index contributed by atoms with van der Waals surface area (Å²) >= 11 is 0. The average Bonchev–Trinajstić information content (AvgIpc) is 2.35. The van der Waals surface area contributed by atoms with E-state index in [1.54, 1.807) is 13.8 Å². The van der Waals surface area contributed by atoms with Gasteiger partial charge in [-0.2, -0.15) is 0 Å². The fourth-order valence-electron chi connectivity index (χ4n) is 1.37. The van der Waals surface area contributed by atoms with E-state index in [1.165, 1.54) is 25.4 Å². The third-order valence-corrected chi connectivity index (χ3v) is 4.01. The number of carbonyl (C=O) groups is 1. The van der Waals surface area contributed by atoms with Crippen molar-refractivity contribution in [2.24, 2.45) is 5.41 Å². The van der Waals surface area contributed by atoms with Crippen LogP contribution in [0.2, 0.25) is 0 Å². The SMILES string of the molecule is CNC(=O)C(C)(C)CNS(=O)(=O)c1ccnc(N)c1. The summed E-state index contributed by atoms with van der Waals surface area (Å²) < 4.78 is 26.4. The van der Waals surface area contributed by atoms with Gasteiger partial charge in [0.05, 0.1) is 10.3 Å². The van der Waals surface area contributed by atoms with E-state index in [-0.39, 0.29) is 23.2 Å². The van der Waals surface area contributed by atoms with Gasteiger partial charge in [-0.15, -0.1) is 0 Å². The number of nitrogens with two attached hydrogens (primary N) is 1. The maximum atomic E-state index is 12.0. The highest BCUT2D eigenvalue weighted by atomic mass is 32.2. The number of anilines is 1. The summed E-state index contributed by atoms with van der Waals surface area (Å²) in [6.07, 6.45) is 1.31. The lowest BCUT2D eigenvalue weighted by molar-refractivity contribution is -0.128. The number of amides is 1. The zero-order valence-electron chi connectivity index (χ0n) is 11.1. The van der Waals surface area contributed by atoms with Crippen LogP contribution in [-0.4, -0.2) is 32.9 Å². The van der Waals surface area contributed by atoms with Gasteiger partial charge >= 0.3 is 0 Å². The molecule has 0 unspecified atom stereocenters. The zero-order chi connectivity index (χ0) is 14.7. The maximum Gasteiger partial charge on any atom is 0.240 e. The van der Waals surface area contributed by atoms with Gasteiger partial charge in [0.2, 0.25) is 15.9 Å². The molecule has 0 aliphatic rings. The third-order valence-electron chi connectivity index (χ3n) is 2.61. The summed E-state index contributed by atoms with van der Waals surface area (Å²) in [7, 11) is -2.21. The largest absolute Gasteiger partial charge is 0.384 e. The quantitative estimate of drug-likeness (QED) is 0.688. The molecule has 0 fully saturated rings. The van der Waals surface area contributed by atoms with Gasteiger partial charge < -0.3 is 11.1 Å². The molecule has 8 heteroatoms. The van der Waals surface area contributed by atoms with Crippen LogP contribution in [0.4, 0.5) is 5.82 Å². The minimum atomic E-state index is -3.71. The number of rotatable bonds is 5. The first-order chi connectivity index (χ1) is 8.69. The van der Waals surface area contributed by atoms with Gasteiger partial charge in [0, 0.05) is 25.9 Å². The molecule has 0 saturated heterocycles. The molecular formula is C11H18N4O3S. The second-order valence-electron chi connectivity index (χ2n) is 4.70. The Morgan fingerprint density at radius 2 is 2.11 bits per heavy atom. The maximum absolute atomic E-state index is 12.0. The fourth-order valence-corrected chi connectivity index (χ4v) is 2.61. The molecule has 0 bridgehead atoms. The second-order valence-corrected chi connectivity index (χ2v) is 6.47. The molecular weight excluding hydrogens is 268 g/mol. The summed E-state index contributed by atoms with van der Waals surface area (Å²) in [5, 5.41) is 2.49. The van der Waals surface area contributed by atoms with Crippen molar-refractivity contribution in [1.82, 2.24) is 15.0 Å². The molecule has 1 heterocycles. The highest BCUT2D eigenvalue weighted by Crippen LogP contribution is 2.16. The Bertz CT molecular complexity index is 569. The molecule has 0 radical (unpaired) electrons. The normalized spacial score (nSPS) is 12.2. The summed E-state index contributed by atoms with van der Waals surface area (Å²) in [5.41, 5.74) is 4.59. The van der Waals surface area contributed by atoms with Crippen molar-refractivity contribution in [1.29, 1.82) is 0 Å². The molecule has 7 nitrogen and oxygen atoms in total. The van der Waals surface area contributed by atoms with Crippen LogP contribution in [-0.2, 0) is 14.8 Å². The van der Waals surface area contributed by atoms with E-state index in [2.05, 4.69) is 15.0 Å². The Morgan fingerprint density at radius 3 is 2.63 bits per heavy atom. The minimum absolute atomic E-state index is 0.0166. The van der Waals surface area contributed by atoms with Crippen molar-refractivity contribution in [3.8, 4) is 0 Å². The topological polar surface area (TPSA) is 114 Å². The lowest BCUT2D eigenvalue weighted by Crippen LogP contribution is -2.43. The lowest BCUT2D eigenvalue weighted by atomic mass is 9.93. The van der Waals surface area contributed by atoms with Crippen molar-refractivity contribution in [3.63, 3.8) is 0 Å². The van der Waals surface area contributed by atoms with Gasteiger partial charge in [-0.1, -0.05) is 0 Å². The van der Waals surface area contributed by atoms with Crippen LogP contribution in [0.1, 0.15) is 13.8 Å². The van der Waals surface area contributed by atoms with Crippen molar-refractivity contribution in [2.75, 3.05) is 19.3 Å². The molecule has 4 N–H and O–H groups in total. The smallest absolute Gasteiger partial charge is 0.240 e. The second kappa shape index (κ2) is 5.54. The number of nitrogens with zero attached hydrogens (tertiary/aromatic N) is 1. The average molecular weight is 286 g/mol. The van der Waals surface area contributed by atoms with Gasteiger partial charge in [0.15, 0.2) is 0 Å². The van der Waals surface area contributed by atoms with E-state index in [1.807, 2.05) is 0 Å². The molecule has 1 aromatic rings. The Morgan fingerprint density at radius 1 is 1.47 bits per heavy atom. The number of aromatic nitrogens is 1. The molecule has 0 aliphatic carbocycles. The number of hydrogen-bond acceptors (Lipinski definition) is 5. The Balaban J connectivity index is 2.85. The highest BCUT2D eigenvalue weighted by molar-refractivity contribution is 7.89. The monoisotopic (exact) mass is 286 g/mol. The predicted octanol–water partition coefficient (Wildman–Crippen LogP) is -0.286. The van der Waals surface area contributed by atoms with Crippen molar-refractivity contribution < 1.29 is 13.2 Å². The number of sulfonamides is 1. The van der Waals surface area contributed by atoms with E-state index in [0.29, 0.717) is 0 Å². The number of nitrogen functional groups attached to an aromatic ring is 1. The van der Waals surface area contributed by atoms with Gasteiger partial charge in [-0.3, -0.25) is 4.79 Å². The third kappa shape index (κ3) is 3.90. The van der Waals surface area contributed by atoms with Crippen molar-refractivity contribution in [3.05, 3.63) is 18.3 Å². The number of pyridine rings is 1. The molecule has 0 spiro atoms. The van der Waals surface area contributed by atoms with Gasteiger partial charge in [0.25, 0.3) is 0 Å². The molecule has 1 rings (SSSR count). The Kier molecular flexibility index (Phi) is 4.48. The van der Waals surface area contributed by atoms with E-state index in [4.69, 9.17) is 5.73 Å². The number of hydrogen-bond donors (Lipinski definition) is 3. The van der Waals surface area contributed by atoms with Crippen LogP contribution in [0, 0.1) is 5.41 Å². The van der Waals surface area contributed by atoms with Gasteiger partial charge in [-0.05, 0) is 19.9 Å². The standard InChI is InChI=1S/C11H18N4O3S/c1-11(2,10(16)13-3)7-15-19(17,18)8-4-5-14-9(12)6-8/h4-6,15H,7H2,1-3H3,(H2,12,14)(H,13,16). The van der Waals surface area contributed by atoms with E-state index >= 15 is 0 Å². The first kappa shape index (κ1) is 15.4. The van der Waals surface area contributed by atoms with Crippen LogP contribution in [0.5, 0.6) is 0 Å². The molecule has 19 heavy (non-hydrogen) atoms. The number of nitrogens with one attached hydrogen (secondary N) is 2. The summed E-state index contributed by atoms with van der Waals surface area (Å²) in [6, 6.07) is 2.60. The summed E-state index contributed by atoms with van der Waals surface area (Å²) in [5.74, 6) is -0.127. The first-order valence-electron chi connectivity index (χ1n) is 5.62. The van der Waals surface area contributed by atoms with Crippen LogP contribution < -0.4 is 15.8 Å². The predicted molar refractivity (Wildman–Crippen MR) is 71.7 cm³/mol. The zero-order valence-corrected chi connectivity index (χ0v) is 11.9. The summed E-state index contributed by atoms with van der Waals surface area (Å²) in [6.45, 7) is 3.28. The van der Waals surface area contributed by atoms with E-state index in [0.717, 1.165) is 0 Å². The van der Waals surface area contributed by atoms with Crippen molar-refractivity contribution in [2.45, 2.75) is 18.7 Å². The summed E-state index contributed by atoms with van der Waals surface area (Å²) in [4.78, 5) is 15.3. The first-order valence-corrected chi connectivity index (χ1v) is 7.11. The van der Waals surface area contributed by atoms with Crippen LogP contribution in [0.3, 0.4) is 0 Å².